The zero-order valence-corrected chi connectivity index (χ0v) is 12.0. The lowest BCUT2D eigenvalue weighted by Crippen LogP contribution is -2.17. The summed E-state index contributed by atoms with van der Waals surface area (Å²) >= 11 is 0. The molecule has 1 aromatic heterocycles. The van der Waals surface area contributed by atoms with Crippen molar-refractivity contribution in [3.63, 3.8) is 0 Å². The first-order chi connectivity index (χ1) is 9.72. The molecule has 2 heteroatoms. The van der Waals surface area contributed by atoms with Crippen LogP contribution in [0.25, 0.3) is 21.8 Å². The molecule has 20 heavy (non-hydrogen) atoms. The highest BCUT2D eigenvalue weighted by atomic mass is 16.1. The van der Waals surface area contributed by atoms with Crippen LogP contribution in [0.1, 0.15) is 20.3 Å². The molecule has 0 spiro atoms. The van der Waals surface area contributed by atoms with E-state index in [1.165, 1.54) is 10.8 Å². The first-order valence-corrected chi connectivity index (χ1v) is 7.21. The largest absolute Gasteiger partial charge is 0.333 e. The average molecular weight is 265 g/mol. The molecule has 0 bridgehead atoms. The van der Waals surface area contributed by atoms with E-state index in [1.807, 2.05) is 19.1 Å². The quantitative estimate of drug-likeness (QED) is 0.685. The fourth-order valence-corrected chi connectivity index (χ4v) is 2.71. The Morgan fingerprint density at radius 3 is 2.00 bits per heavy atom. The SMILES string of the molecule is CCC(C)C(=O)Cn1c2ccccc2c2ccccc21. The molecule has 0 saturated heterocycles. The number of hydrogen-bond donors (Lipinski definition) is 0. The van der Waals surface area contributed by atoms with Crippen molar-refractivity contribution >= 4 is 27.6 Å². The summed E-state index contributed by atoms with van der Waals surface area (Å²) in [5.41, 5.74) is 2.29. The van der Waals surface area contributed by atoms with Crippen LogP contribution in [0.15, 0.2) is 48.5 Å². The summed E-state index contributed by atoms with van der Waals surface area (Å²) in [5, 5.41) is 2.44. The molecule has 0 N–H and O–H groups in total. The standard InChI is InChI=1S/C18H19NO/c1-3-13(2)18(20)12-19-16-10-6-4-8-14(16)15-9-5-7-11-17(15)19/h4-11,13H,3,12H2,1-2H3. The van der Waals surface area contributed by atoms with Gasteiger partial charge in [-0.3, -0.25) is 4.79 Å². The lowest BCUT2D eigenvalue weighted by Gasteiger charge is -2.10. The Bertz CT molecular complexity index is 716. The van der Waals surface area contributed by atoms with Gasteiger partial charge >= 0.3 is 0 Å². The monoisotopic (exact) mass is 265 g/mol. The van der Waals surface area contributed by atoms with Gasteiger partial charge in [-0.2, -0.15) is 0 Å². The van der Waals surface area contributed by atoms with Gasteiger partial charge in [0.1, 0.15) is 0 Å². The molecule has 2 aromatic carbocycles. The summed E-state index contributed by atoms with van der Waals surface area (Å²) in [4.78, 5) is 12.3. The highest BCUT2D eigenvalue weighted by Crippen LogP contribution is 2.28. The van der Waals surface area contributed by atoms with Crippen LogP contribution in [-0.4, -0.2) is 10.4 Å². The highest BCUT2D eigenvalue weighted by molar-refractivity contribution is 6.08. The Morgan fingerprint density at radius 2 is 1.50 bits per heavy atom. The third-order valence-corrected chi connectivity index (χ3v) is 4.16. The normalized spacial score (nSPS) is 12.9. The number of carbonyl (C=O) groups is 1. The van der Waals surface area contributed by atoms with Crippen LogP contribution in [0.5, 0.6) is 0 Å². The number of nitrogens with zero attached hydrogens (tertiary/aromatic N) is 1. The van der Waals surface area contributed by atoms with Crippen LogP contribution in [0.2, 0.25) is 0 Å². The van der Waals surface area contributed by atoms with Gasteiger partial charge in [0, 0.05) is 27.7 Å². The molecule has 1 unspecified atom stereocenters. The van der Waals surface area contributed by atoms with Crippen molar-refractivity contribution in [3.05, 3.63) is 48.5 Å². The molecule has 0 amide bonds. The van der Waals surface area contributed by atoms with Crippen LogP contribution in [0, 0.1) is 5.92 Å². The van der Waals surface area contributed by atoms with Crippen molar-refractivity contribution in [2.75, 3.05) is 0 Å². The lowest BCUT2D eigenvalue weighted by atomic mass is 10.0. The maximum atomic E-state index is 12.3. The van der Waals surface area contributed by atoms with Crippen LogP contribution >= 0.6 is 0 Å². The molecule has 3 rings (SSSR count). The van der Waals surface area contributed by atoms with E-state index >= 15 is 0 Å². The van der Waals surface area contributed by atoms with Crippen molar-refractivity contribution in [1.29, 1.82) is 0 Å². The van der Waals surface area contributed by atoms with Gasteiger partial charge in [0.15, 0.2) is 5.78 Å². The van der Waals surface area contributed by atoms with E-state index in [-0.39, 0.29) is 5.92 Å². The van der Waals surface area contributed by atoms with E-state index < -0.39 is 0 Å². The van der Waals surface area contributed by atoms with E-state index in [1.54, 1.807) is 0 Å². The smallest absolute Gasteiger partial charge is 0.155 e. The van der Waals surface area contributed by atoms with E-state index in [0.29, 0.717) is 12.3 Å². The van der Waals surface area contributed by atoms with Crippen LogP contribution in [-0.2, 0) is 11.3 Å². The van der Waals surface area contributed by atoms with Gasteiger partial charge in [0.05, 0.1) is 6.54 Å². The summed E-state index contributed by atoms with van der Waals surface area (Å²) in [5.74, 6) is 0.425. The number of rotatable bonds is 4. The molecule has 102 valence electrons. The summed E-state index contributed by atoms with van der Waals surface area (Å²) in [6.07, 6.45) is 0.899. The van der Waals surface area contributed by atoms with Gasteiger partial charge in [0.2, 0.25) is 0 Å². The molecule has 0 radical (unpaired) electrons. The summed E-state index contributed by atoms with van der Waals surface area (Å²) in [6, 6.07) is 16.6. The molecule has 0 fully saturated rings. The van der Waals surface area contributed by atoms with Crippen molar-refractivity contribution in [2.45, 2.75) is 26.8 Å². The van der Waals surface area contributed by atoms with E-state index in [0.717, 1.165) is 17.5 Å². The lowest BCUT2D eigenvalue weighted by molar-refractivity contribution is -0.122. The Labute approximate surface area is 119 Å². The molecule has 1 heterocycles. The van der Waals surface area contributed by atoms with Crippen molar-refractivity contribution < 1.29 is 4.79 Å². The number of aromatic nitrogens is 1. The number of ketones is 1. The number of benzene rings is 2. The van der Waals surface area contributed by atoms with Crippen LogP contribution in [0.3, 0.4) is 0 Å². The molecule has 0 saturated carbocycles. The predicted octanol–water partition coefficient (Wildman–Crippen LogP) is 4.41. The van der Waals surface area contributed by atoms with Gasteiger partial charge in [-0.05, 0) is 18.6 Å². The maximum Gasteiger partial charge on any atom is 0.155 e. The summed E-state index contributed by atoms with van der Waals surface area (Å²) in [7, 11) is 0. The number of carbonyl (C=O) groups excluding carboxylic acids is 1. The van der Waals surface area contributed by atoms with Gasteiger partial charge < -0.3 is 4.57 Å². The minimum atomic E-state index is 0.120. The van der Waals surface area contributed by atoms with Crippen LogP contribution < -0.4 is 0 Å². The number of para-hydroxylation sites is 2. The van der Waals surface area contributed by atoms with E-state index in [4.69, 9.17) is 0 Å². The fraction of sp³-hybridized carbons (Fsp3) is 0.278. The molecule has 2 nitrogen and oxygen atoms in total. The molecule has 1 atom stereocenters. The van der Waals surface area contributed by atoms with Crippen molar-refractivity contribution in [2.24, 2.45) is 5.92 Å². The highest BCUT2D eigenvalue weighted by Gasteiger charge is 2.15. The minimum Gasteiger partial charge on any atom is -0.333 e. The molecule has 0 aliphatic heterocycles. The Kier molecular flexibility index (Phi) is 3.31. The topological polar surface area (TPSA) is 22.0 Å². The Hall–Kier alpha value is -2.09. The predicted molar refractivity (Wildman–Crippen MR) is 83.9 cm³/mol. The minimum absolute atomic E-state index is 0.120. The zero-order valence-electron chi connectivity index (χ0n) is 12.0. The third-order valence-electron chi connectivity index (χ3n) is 4.16. The molecule has 0 aliphatic carbocycles. The fourth-order valence-electron chi connectivity index (χ4n) is 2.71. The van der Waals surface area contributed by atoms with Crippen molar-refractivity contribution in [3.8, 4) is 0 Å². The second-order valence-corrected chi connectivity index (χ2v) is 5.40. The number of fused-ring (bicyclic) bond motifs is 3. The van der Waals surface area contributed by atoms with Gasteiger partial charge in [-0.1, -0.05) is 50.2 Å². The van der Waals surface area contributed by atoms with Gasteiger partial charge in [-0.25, -0.2) is 0 Å². The van der Waals surface area contributed by atoms with Gasteiger partial charge in [-0.15, -0.1) is 0 Å². The first-order valence-electron chi connectivity index (χ1n) is 7.21. The summed E-state index contributed by atoms with van der Waals surface area (Å²) in [6.45, 7) is 4.54. The maximum absolute atomic E-state index is 12.3. The third kappa shape index (κ3) is 2.01. The van der Waals surface area contributed by atoms with Crippen LogP contribution in [0.4, 0.5) is 0 Å². The van der Waals surface area contributed by atoms with E-state index in [2.05, 4.69) is 47.9 Å². The second-order valence-electron chi connectivity index (χ2n) is 5.40. The summed E-state index contributed by atoms with van der Waals surface area (Å²) < 4.78 is 2.15. The first kappa shape index (κ1) is 12.9. The molecule has 0 aliphatic rings. The zero-order chi connectivity index (χ0) is 14.1. The molecular weight excluding hydrogens is 246 g/mol. The number of hydrogen-bond acceptors (Lipinski definition) is 1. The second kappa shape index (κ2) is 5.12. The van der Waals surface area contributed by atoms with Crippen molar-refractivity contribution in [1.82, 2.24) is 4.57 Å². The molecular formula is C18H19NO. The van der Waals surface area contributed by atoms with E-state index in [9.17, 15) is 4.79 Å². The molecule has 3 aromatic rings. The average Bonchev–Trinajstić information content (AvgIpc) is 2.81. The number of Topliss-reactive ketones (excluding diaryl/α,β-unsaturated/α-hetero) is 1. The Morgan fingerprint density at radius 1 is 1.00 bits per heavy atom. The Balaban J connectivity index is 2.19. The van der Waals surface area contributed by atoms with Gasteiger partial charge in [0.25, 0.3) is 0 Å².